The predicted octanol–water partition coefficient (Wildman–Crippen LogP) is 4.19. The van der Waals surface area contributed by atoms with Crippen molar-refractivity contribution in [2.45, 2.75) is 13.8 Å². The smallest absolute Gasteiger partial charge is 0.286 e. The van der Waals surface area contributed by atoms with Gasteiger partial charge in [0.05, 0.1) is 11.5 Å². The minimum atomic E-state index is -0.169. The molecule has 0 atom stereocenters. The molecule has 0 bridgehead atoms. The molecule has 0 aliphatic carbocycles. The molecule has 2 aromatic carbocycles. The summed E-state index contributed by atoms with van der Waals surface area (Å²) in [4.78, 5) is 22.0. The number of rotatable bonds is 4. The van der Waals surface area contributed by atoms with Gasteiger partial charge in [0.15, 0.2) is 5.17 Å². The van der Waals surface area contributed by atoms with E-state index in [1.807, 2.05) is 37.3 Å². The van der Waals surface area contributed by atoms with Crippen molar-refractivity contribution in [1.82, 2.24) is 4.90 Å². The summed E-state index contributed by atoms with van der Waals surface area (Å²) < 4.78 is 5.67. The van der Waals surface area contributed by atoms with E-state index in [1.165, 1.54) is 23.0 Å². The van der Waals surface area contributed by atoms with Crippen molar-refractivity contribution in [2.75, 3.05) is 37.7 Å². The lowest BCUT2D eigenvalue weighted by atomic mass is 10.2. The monoisotopic (exact) mass is 407 g/mol. The maximum Gasteiger partial charge on any atom is 0.286 e. The van der Waals surface area contributed by atoms with E-state index in [9.17, 15) is 4.79 Å². The molecule has 0 N–H and O–H groups in total. The van der Waals surface area contributed by atoms with Gasteiger partial charge in [0.25, 0.3) is 5.91 Å². The molecular formula is C23H25N3O2S. The Bertz CT molecular complexity index is 962. The summed E-state index contributed by atoms with van der Waals surface area (Å²) in [7, 11) is 0. The molecule has 1 fully saturated rings. The Kier molecular flexibility index (Phi) is 5.90. The van der Waals surface area contributed by atoms with Gasteiger partial charge in [-0.3, -0.25) is 4.79 Å². The summed E-state index contributed by atoms with van der Waals surface area (Å²) in [6.07, 6.45) is 1.89. The largest absolute Gasteiger partial charge is 0.493 e. The van der Waals surface area contributed by atoms with E-state index in [1.54, 1.807) is 0 Å². The number of carbonyl (C=O) groups is 1. The zero-order chi connectivity index (χ0) is 20.2. The van der Waals surface area contributed by atoms with Gasteiger partial charge in [0.2, 0.25) is 0 Å². The summed E-state index contributed by atoms with van der Waals surface area (Å²) in [5.41, 5.74) is 3.44. The number of anilines is 1. The van der Waals surface area contributed by atoms with Crippen molar-refractivity contribution in [1.29, 1.82) is 0 Å². The highest BCUT2D eigenvalue weighted by Gasteiger charge is 2.28. The van der Waals surface area contributed by atoms with Crippen LogP contribution in [0.25, 0.3) is 6.08 Å². The van der Waals surface area contributed by atoms with Gasteiger partial charge < -0.3 is 14.5 Å². The van der Waals surface area contributed by atoms with Crippen LogP contribution in [-0.4, -0.2) is 48.8 Å². The van der Waals surface area contributed by atoms with Gasteiger partial charge in [0, 0.05) is 37.4 Å². The second-order valence-corrected chi connectivity index (χ2v) is 8.10. The quantitative estimate of drug-likeness (QED) is 0.712. The van der Waals surface area contributed by atoms with Gasteiger partial charge in [-0.1, -0.05) is 30.3 Å². The fourth-order valence-corrected chi connectivity index (χ4v) is 4.50. The van der Waals surface area contributed by atoms with Crippen LogP contribution in [0, 0.1) is 6.92 Å². The number of carbonyl (C=O) groups excluding carboxylic acids is 1. The Hall–Kier alpha value is -2.73. The normalized spacial score (nSPS) is 18.3. The summed E-state index contributed by atoms with van der Waals surface area (Å²) >= 11 is 1.46. The molecule has 0 spiro atoms. The minimum absolute atomic E-state index is 0.169. The highest BCUT2D eigenvalue weighted by molar-refractivity contribution is 8.18. The number of hydrogen-bond donors (Lipinski definition) is 0. The van der Waals surface area contributed by atoms with Gasteiger partial charge in [-0.2, -0.15) is 4.99 Å². The third-order valence-corrected chi connectivity index (χ3v) is 6.08. The molecule has 29 heavy (non-hydrogen) atoms. The number of thioether (sulfide) groups is 1. The molecule has 1 saturated heterocycles. The van der Waals surface area contributed by atoms with Gasteiger partial charge in [-0.25, -0.2) is 0 Å². The molecule has 1 amide bonds. The molecule has 2 heterocycles. The highest BCUT2D eigenvalue weighted by atomic mass is 32.2. The number of amidine groups is 1. The maximum absolute atomic E-state index is 12.5. The summed E-state index contributed by atoms with van der Waals surface area (Å²) in [5, 5.41) is 0.805. The molecule has 150 valence electrons. The Balaban J connectivity index is 1.42. The number of para-hydroxylation sites is 1. The zero-order valence-electron chi connectivity index (χ0n) is 16.8. The van der Waals surface area contributed by atoms with E-state index < -0.39 is 0 Å². The number of piperazine rings is 1. The molecule has 2 aromatic rings. The van der Waals surface area contributed by atoms with Gasteiger partial charge in [0.1, 0.15) is 5.75 Å². The number of aryl methyl sites for hydroxylation is 1. The lowest BCUT2D eigenvalue weighted by Gasteiger charge is -2.36. The first-order chi connectivity index (χ1) is 14.1. The van der Waals surface area contributed by atoms with Crippen LogP contribution in [0.15, 0.2) is 58.4 Å². The average molecular weight is 408 g/mol. The van der Waals surface area contributed by atoms with Crippen LogP contribution in [0.5, 0.6) is 5.75 Å². The molecule has 6 heteroatoms. The van der Waals surface area contributed by atoms with Crippen LogP contribution in [-0.2, 0) is 4.79 Å². The first-order valence-corrected chi connectivity index (χ1v) is 10.8. The van der Waals surface area contributed by atoms with E-state index in [4.69, 9.17) is 4.74 Å². The first kappa shape index (κ1) is 19.6. The van der Waals surface area contributed by atoms with E-state index >= 15 is 0 Å². The van der Waals surface area contributed by atoms with Gasteiger partial charge in [-0.05, 0) is 55.4 Å². The molecule has 2 aliphatic rings. The van der Waals surface area contributed by atoms with Crippen molar-refractivity contribution in [2.24, 2.45) is 4.99 Å². The third-order valence-electron chi connectivity index (χ3n) is 5.03. The number of benzene rings is 2. The Morgan fingerprint density at radius 3 is 2.59 bits per heavy atom. The number of ether oxygens (including phenoxy) is 1. The first-order valence-electron chi connectivity index (χ1n) is 9.95. The predicted molar refractivity (Wildman–Crippen MR) is 121 cm³/mol. The number of aliphatic imine (C=N–C) groups is 1. The summed E-state index contributed by atoms with van der Waals surface area (Å²) in [6, 6.07) is 16.4. The van der Waals surface area contributed by atoms with Crippen LogP contribution in [0.1, 0.15) is 18.1 Å². The number of nitrogens with zero attached hydrogens (tertiary/aromatic N) is 3. The molecule has 4 rings (SSSR count). The Labute approximate surface area is 176 Å². The second-order valence-electron chi connectivity index (χ2n) is 7.09. The molecule has 0 aromatic heterocycles. The molecular weight excluding hydrogens is 382 g/mol. The van der Waals surface area contributed by atoms with Crippen molar-refractivity contribution < 1.29 is 9.53 Å². The fourth-order valence-electron chi connectivity index (χ4n) is 3.54. The number of hydrogen-bond acceptors (Lipinski definition) is 5. The maximum atomic E-state index is 12.5. The fraction of sp³-hybridized carbons (Fsp3) is 0.304. The van der Waals surface area contributed by atoms with E-state index in [-0.39, 0.29) is 5.91 Å². The summed E-state index contributed by atoms with van der Waals surface area (Å²) in [6.45, 7) is 8.22. The van der Waals surface area contributed by atoms with Crippen LogP contribution in [0.4, 0.5) is 5.69 Å². The zero-order valence-corrected chi connectivity index (χ0v) is 17.6. The summed E-state index contributed by atoms with van der Waals surface area (Å²) in [5.74, 6) is 0.619. The standard InChI is InChI=1S/C23H25N3O2S/c1-3-28-20-10-5-4-8-18(20)16-21-22(27)24-23(29-21)26-13-11-25(12-14-26)19-9-6-7-17(2)15-19/h4-10,15-16H,3,11-14H2,1-2H3. The molecule has 5 nitrogen and oxygen atoms in total. The van der Waals surface area contributed by atoms with Crippen LogP contribution < -0.4 is 9.64 Å². The SMILES string of the molecule is CCOc1ccccc1C=C1SC(N2CCN(c3cccc(C)c3)CC2)=NC1=O. The van der Waals surface area contributed by atoms with Crippen LogP contribution in [0.2, 0.25) is 0 Å². The van der Waals surface area contributed by atoms with Gasteiger partial charge >= 0.3 is 0 Å². The number of amides is 1. The van der Waals surface area contributed by atoms with Crippen molar-refractivity contribution >= 4 is 34.6 Å². The molecule has 2 aliphatic heterocycles. The Morgan fingerprint density at radius 1 is 1.07 bits per heavy atom. The van der Waals surface area contributed by atoms with E-state index in [0.717, 1.165) is 42.7 Å². The second kappa shape index (κ2) is 8.74. The van der Waals surface area contributed by atoms with Crippen molar-refractivity contribution in [3.8, 4) is 5.75 Å². The van der Waals surface area contributed by atoms with Crippen molar-refractivity contribution in [3.63, 3.8) is 0 Å². The topological polar surface area (TPSA) is 45.1 Å². The van der Waals surface area contributed by atoms with Gasteiger partial charge in [-0.15, -0.1) is 0 Å². The minimum Gasteiger partial charge on any atom is -0.493 e. The average Bonchev–Trinajstić information content (AvgIpc) is 3.10. The van der Waals surface area contributed by atoms with E-state index in [0.29, 0.717) is 11.5 Å². The molecule has 0 unspecified atom stereocenters. The Morgan fingerprint density at radius 2 is 1.83 bits per heavy atom. The lowest BCUT2D eigenvalue weighted by Crippen LogP contribution is -2.47. The third kappa shape index (κ3) is 4.48. The lowest BCUT2D eigenvalue weighted by molar-refractivity contribution is -0.113. The van der Waals surface area contributed by atoms with Crippen LogP contribution in [0.3, 0.4) is 0 Å². The van der Waals surface area contributed by atoms with E-state index in [2.05, 4.69) is 46.0 Å². The van der Waals surface area contributed by atoms with Crippen molar-refractivity contribution in [3.05, 3.63) is 64.6 Å². The molecule has 0 saturated carbocycles. The van der Waals surface area contributed by atoms with Crippen LogP contribution >= 0.6 is 11.8 Å². The molecule has 0 radical (unpaired) electrons. The highest BCUT2D eigenvalue weighted by Crippen LogP contribution is 2.33.